The molecule has 0 N–H and O–H groups in total. The van der Waals surface area contributed by atoms with Gasteiger partial charge in [-0.3, -0.25) is 4.79 Å². The van der Waals surface area contributed by atoms with Crippen LogP contribution in [0.1, 0.15) is 10.4 Å². The number of nitrogens with zero attached hydrogens (tertiary/aromatic N) is 2. The van der Waals surface area contributed by atoms with Crippen molar-refractivity contribution in [1.82, 2.24) is 9.97 Å². The van der Waals surface area contributed by atoms with Crippen LogP contribution in [0.5, 0.6) is 0 Å². The van der Waals surface area contributed by atoms with Crippen molar-refractivity contribution >= 4 is 29.5 Å². The summed E-state index contributed by atoms with van der Waals surface area (Å²) in [5, 5.41) is 0.690. The number of halogens is 2. The molecule has 0 saturated carbocycles. The van der Waals surface area contributed by atoms with Crippen LogP contribution >= 0.6 is 23.2 Å². The lowest BCUT2D eigenvalue weighted by Crippen LogP contribution is -1.92. The van der Waals surface area contributed by atoms with Crippen molar-refractivity contribution in [1.29, 1.82) is 0 Å². The molecule has 0 radical (unpaired) electrons. The monoisotopic (exact) mass is 252 g/mol. The number of carbonyl (C=O) groups excluding carboxylic acids is 1. The quantitative estimate of drug-likeness (QED) is 0.771. The van der Waals surface area contributed by atoms with Gasteiger partial charge in [-0.05, 0) is 18.2 Å². The first-order chi connectivity index (χ1) is 7.74. The first-order valence-electron chi connectivity index (χ1n) is 4.44. The molecule has 0 saturated heterocycles. The first-order valence-corrected chi connectivity index (χ1v) is 5.20. The van der Waals surface area contributed by atoms with E-state index in [0.29, 0.717) is 28.3 Å². The highest BCUT2D eigenvalue weighted by Gasteiger charge is 2.14. The van der Waals surface area contributed by atoms with Crippen LogP contribution in [-0.4, -0.2) is 16.3 Å². The smallest absolute Gasteiger partial charge is 0.162 e. The normalized spacial score (nSPS) is 10.1. The number of rotatable bonds is 2. The van der Waals surface area contributed by atoms with Crippen molar-refractivity contribution < 1.29 is 4.79 Å². The van der Waals surface area contributed by atoms with Gasteiger partial charge in [-0.2, -0.15) is 0 Å². The second kappa shape index (κ2) is 4.60. The Balaban J connectivity index is 2.69. The predicted molar refractivity (Wildman–Crippen MR) is 62.9 cm³/mol. The lowest BCUT2D eigenvalue weighted by Gasteiger charge is -2.06. The summed E-state index contributed by atoms with van der Waals surface area (Å²) >= 11 is 12.1. The molecule has 5 heteroatoms. The van der Waals surface area contributed by atoms with Crippen molar-refractivity contribution in [2.24, 2.45) is 0 Å². The van der Waals surface area contributed by atoms with Crippen LogP contribution in [0.2, 0.25) is 10.0 Å². The van der Waals surface area contributed by atoms with E-state index in [1.54, 1.807) is 30.6 Å². The molecule has 80 valence electrons. The molecule has 0 aliphatic rings. The van der Waals surface area contributed by atoms with Crippen LogP contribution < -0.4 is 0 Å². The summed E-state index contributed by atoms with van der Waals surface area (Å²) in [7, 11) is 0. The number of hydrogen-bond donors (Lipinski definition) is 0. The van der Waals surface area contributed by atoms with Crippen LogP contribution in [0.4, 0.5) is 0 Å². The molecular formula is C11H6Cl2N2O. The minimum absolute atomic E-state index is 0.272. The topological polar surface area (TPSA) is 42.9 Å². The van der Waals surface area contributed by atoms with Crippen LogP contribution in [0.15, 0.2) is 30.6 Å². The Kier molecular flexibility index (Phi) is 3.17. The molecule has 0 amide bonds. The number of aldehydes is 1. The fourth-order valence-electron chi connectivity index (χ4n) is 1.29. The third-order valence-electron chi connectivity index (χ3n) is 2.04. The van der Waals surface area contributed by atoms with E-state index in [1.165, 1.54) is 0 Å². The Labute approximate surface area is 102 Å². The zero-order valence-corrected chi connectivity index (χ0v) is 9.53. The molecule has 16 heavy (non-hydrogen) atoms. The van der Waals surface area contributed by atoms with E-state index < -0.39 is 0 Å². The van der Waals surface area contributed by atoms with E-state index in [9.17, 15) is 4.79 Å². The van der Waals surface area contributed by atoms with Crippen molar-refractivity contribution in [3.63, 3.8) is 0 Å². The lowest BCUT2D eigenvalue weighted by atomic mass is 10.1. The van der Waals surface area contributed by atoms with Crippen LogP contribution in [0.3, 0.4) is 0 Å². The average molecular weight is 253 g/mol. The summed E-state index contributed by atoms with van der Waals surface area (Å²) in [5.41, 5.74) is 0.849. The Bertz CT molecular complexity index is 529. The highest BCUT2D eigenvalue weighted by molar-refractivity contribution is 6.40. The van der Waals surface area contributed by atoms with Gasteiger partial charge in [0.15, 0.2) is 12.1 Å². The summed E-state index contributed by atoms with van der Waals surface area (Å²) in [6.45, 7) is 0. The van der Waals surface area contributed by atoms with Gasteiger partial charge >= 0.3 is 0 Å². The average Bonchev–Trinajstić information content (AvgIpc) is 2.31. The second-order valence-electron chi connectivity index (χ2n) is 3.02. The van der Waals surface area contributed by atoms with Gasteiger partial charge in [0, 0.05) is 18.0 Å². The van der Waals surface area contributed by atoms with Crippen molar-refractivity contribution in [3.8, 4) is 11.4 Å². The Morgan fingerprint density at radius 2 is 1.81 bits per heavy atom. The molecule has 0 unspecified atom stereocenters. The van der Waals surface area contributed by atoms with Gasteiger partial charge < -0.3 is 0 Å². The Morgan fingerprint density at radius 3 is 2.44 bits per heavy atom. The van der Waals surface area contributed by atoms with Crippen molar-refractivity contribution in [2.45, 2.75) is 0 Å². The van der Waals surface area contributed by atoms with E-state index in [-0.39, 0.29) is 5.02 Å². The summed E-state index contributed by atoms with van der Waals surface area (Å²) < 4.78 is 0. The van der Waals surface area contributed by atoms with Gasteiger partial charge in [-0.15, -0.1) is 0 Å². The van der Waals surface area contributed by atoms with E-state index >= 15 is 0 Å². The maximum Gasteiger partial charge on any atom is 0.162 e. The van der Waals surface area contributed by atoms with Crippen LogP contribution in [-0.2, 0) is 0 Å². The summed E-state index contributed by atoms with van der Waals surface area (Å²) in [6, 6.07) is 4.85. The molecule has 0 aliphatic heterocycles. The third-order valence-corrected chi connectivity index (χ3v) is 2.76. The van der Waals surface area contributed by atoms with Crippen molar-refractivity contribution in [3.05, 3.63) is 46.2 Å². The van der Waals surface area contributed by atoms with Gasteiger partial charge in [-0.1, -0.05) is 23.2 Å². The van der Waals surface area contributed by atoms with Gasteiger partial charge in [0.1, 0.15) is 0 Å². The van der Waals surface area contributed by atoms with Gasteiger partial charge in [0.05, 0.1) is 15.6 Å². The molecule has 2 rings (SSSR count). The first kappa shape index (κ1) is 11.0. The SMILES string of the molecule is O=Cc1ccc(Cl)c(-c2ncccn2)c1Cl. The minimum atomic E-state index is 0.272. The number of hydrogen-bond acceptors (Lipinski definition) is 3. The fourth-order valence-corrected chi connectivity index (χ4v) is 1.88. The van der Waals surface area contributed by atoms with E-state index in [1.807, 2.05) is 0 Å². The number of aromatic nitrogens is 2. The Morgan fingerprint density at radius 1 is 1.12 bits per heavy atom. The molecular weight excluding hydrogens is 247 g/mol. The molecule has 3 nitrogen and oxygen atoms in total. The zero-order valence-electron chi connectivity index (χ0n) is 8.02. The Hall–Kier alpha value is -1.45. The van der Waals surface area contributed by atoms with E-state index in [4.69, 9.17) is 23.2 Å². The van der Waals surface area contributed by atoms with E-state index in [2.05, 4.69) is 9.97 Å². The minimum Gasteiger partial charge on any atom is -0.298 e. The second-order valence-corrected chi connectivity index (χ2v) is 3.80. The molecule has 0 aliphatic carbocycles. The van der Waals surface area contributed by atoms with Gasteiger partial charge in [0.2, 0.25) is 0 Å². The highest BCUT2D eigenvalue weighted by atomic mass is 35.5. The van der Waals surface area contributed by atoms with Crippen LogP contribution in [0.25, 0.3) is 11.4 Å². The standard InChI is InChI=1S/C11H6Cl2N2O/c12-8-3-2-7(6-16)10(13)9(8)11-14-4-1-5-15-11/h1-6H. The number of benzene rings is 1. The molecule has 2 aromatic rings. The molecule has 1 aromatic heterocycles. The summed E-state index contributed by atoms with van der Waals surface area (Å²) in [6.07, 6.45) is 3.84. The molecule has 0 spiro atoms. The molecule has 1 heterocycles. The maximum absolute atomic E-state index is 10.8. The summed E-state index contributed by atoms with van der Waals surface area (Å²) in [4.78, 5) is 18.9. The fraction of sp³-hybridized carbons (Fsp3) is 0. The molecule has 0 fully saturated rings. The summed E-state index contributed by atoms with van der Waals surface area (Å²) in [5.74, 6) is 0.404. The molecule has 0 atom stereocenters. The van der Waals surface area contributed by atoms with Crippen LogP contribution in [0, 0.1) is 0 Å². The number of carbonyl (C=O) groups is 1. The highest BCUT2D eigenvalue weighted by Crippen LogP contribution is 2.34. The van der Waals surface area contributed by atoms with Gasteiger partial charge in [0.25, 0.3) is 0 Å². The molecule has 1 aromatic carbocycles. The molecule has 0 bridgehead atoms. The predicted octanol–water partition coefficient (Wildman–Crippen LogP) is 3.26. The third kappa shape index (κ3) is 1.92. The van der Waals surface area contributed by atoms with E-state index in [0.717, 1.165) is 0 Å². The lowest BCUT2D eigenvalue weighted by molar-refractivity contribution is 0.112. The van der Waals surface area contributed by atoms with Crippen molar-refractivity contribution in [2.75, 3.05) is 0 Å². The van der Waals surface area contributed by atoms with Gasteiger partial charge in [-0.25, -0.2) is 9.97 Å². The zero-order chi connectivity index (χ0) is 11.5. The maximum atomic E-state index is 10.8. The largest absolute Gasteiger partial charge is 0.298 e.